The van der Waals surface area contributed by atoms with E-state index in [1.807, 2.05) is 0 Å². The zero-order valence-corrected chi connectivity index (χ0v) is 9.62. The summed E-state index contributed by atoms with van der Waals surface area (Å²) in [4.78, 5) is 2.45. The van der Waals surface area contributed by atoms with Crippen molar-refractivity contribution in [2.45, 2.75) is 31.7 Å². The lowest BCUT2D eigenvalue weighted by molar-refractivity contribution is 0.416. The molecule has 1 saturated carbocycles. The van der Waals surface area contributed by atoms with Crippen molar-refractivity contribution in [1.29, 1.82) is 0 Å². The van der Waals surface area contributed by atoms with Crippen LogP contribution in [0.5, 0.6) is 0 Å². The molecular weight excluding hydrogens is 182 g/mol. The second kappa shape index (κ2) is 2.66. The molecule has 0 saturated heterocycles. The molecule has 0 amide bonds. The summed E-state index contributed by atoms with van der Waals surface area (Å²) >= 11 is 0. The van der Waals surface area contributed by atoms with Gasteiger partial charge in [-0.15, -0.1) is 0 Å². The first-order chi connectivity index (χ1) is 7.18. The molecule has 2 unspecified atom stereocenters. The van der Waals surface area contributed by atoms with Crippen LogP contribution in [-0.4, -0.2) is 18.0 Å². The quantitative estimate of drug-likeness (QED) is 0.621. The van der Waals surface area contributed by atoms with Gasteiger partial charge in [-0.05, 0) is 18.9 Å². The molecule has 1 heteroatoms. The summed E-state index contributed by atoms with van der Waals surface area (Å²) in [7, 11) is 2.22. The highest BCUT2D eigenvalue weighted by Gasteiger charge is 2.57. The van der Waals surface area contributed by atoms with Gasteiger partial charge in [0.15, 0.2) is 0 Å². The molecule has 1 aromatic rings. The third-order valence-electron chi connectivity index (χ3n) is 4.13. The number of allylic oxidation sites excluding steroid dienone is 1. The Morgan fingerprint density at radius 3 is 2.87 bits per heavy atom. The van der Waals surface area contributed by atoms with E-state index in [9.17, 15) is 0 Å². The topological polar surface area (TPSA) is 3.24 Å². The van der Waals surface area contributed by atoms with Gasteiger partial charge < -0.3 is 4.90 Å². The minimum atomic E-state index is 0.415. The molecule has 0 spiro atoms. The minimum absolute atomic E-state index is 0.415. The van der Waals surface area contributed by atoms with Gasteiger partial charge in [0.1, 0.15) is 0 Å². The SMILES string of the molecule is C/C=C1/c2ccccc2C2(C)CC2N1C. The van der Waals surface area contributed by atoms with E-state index < -0.39 is 0 Å². The fourth-order valence-corrected chi connectivity index (χ4v) is 3.12. The average molecular weight is 199 g/mol. The van der Waals surface area contributed by atoms with Crippen LogP contribution in [-0.2, 0) is 5.41 Å². The van der Waals surface area contributed by atoms with Crippen LogP contribution in [0.15, 0.2) is 30.3 Å². The first-order valence-electron chi connectivity index (χ1n) is 5.67. The van der Waals surface area contributed by atoms with E-state index in [1.165, 1.54) is 17.7 Å². The minimum Gasteiger partial charge on any atom is -0.370 e. The Morgan fingerprint density at radius 2 is 2.13 bits per heavy atom. The predicted octanol–water partition coefficient (Wildman–Crippen LogP) is 3.02. The average Bonchev–Trinajstić information content (AvgIpc) is 2.94. The molecule has 2 aliphatic rings. The van der Waals surface area contributed by atoms with Gasteiger partial charge in [-0.1, -0.05) is 37.3 Å². The Labute approximate surface area is 91.4 Å². The van der Waals surface area contributed by atoms with Crippen LogP contribution < -0.4 is 0 Å². The highest BCUT2D eigenvalue weighted by Crippen LogP contribution is 2.57. The van der Waals surface area contributed by atoms with E-state index >= 15 is 0 Å². The lowest BCUT2D eigenvalue weighted by Gasteiger charge is -2.33. The molecular formula is C14H17N. The van der Waals surface area contributed by atoms with Crippen molar-refractivity contribution in [1.82, 2.24) is 4.90 Å². The second-order valence-electron chi connectivity index (χ2n) is 4.97. The van der Waals surface area contributed by atoms with Crippen LogP contribution in [0.1, 0.15) is 31.4 Å². The molecule has 0 aromatic heterocycles. The normalized spacial score (nSPS) is 35.0. The largest absolute Gasteiger partial charge is 0.370 e. The molecule has 1 aliphatic carbocycles. The lowest BCUT2D eigenvalue weighted by atomic mass is 9.87. The number of fused-ring (bicyclic) bond motifs is 3. The van der Waals surface area contributed by atoms with Crippen molar-refractivity contribution >= 4 is 5.70 Å². The molecule has 0 N–H and O–H groups in total. The Balaban J connectivity index is 2.25. The number of rotatable bonds is 0. The highest BCUT2D eigenvalue weighted by atomic mass is 15.2. The summed E-state index contributed by atoms with van der Waals surface area (Å²) in [6, 6.07) is 9.58. The van der Waals surface area contributed by atoms with Crippen LogP contribution in [0.4, 0.5) is 0 Å². The molecule has 1 heterocycles. The fraction of sp³-hybridized carbons (Fsp3) is 0.429. The van der Waals surface area contributed by atoms with Gasteiger partial charge in [0.25, 0.3) is 0 Å². The molecule has 3 rings (SSSR count). The summed E-state index contributed by atoms with van der Waals surface area (Å²) in [6.45, 7) is 4.52. The Hall–Kier alpha value is -1.24. The van der Waals surface area contributed by atoms with Gasteiger partial charge in [-0.25, -0.2) is 0 Å². The standard InChI is InChI=1S/C14H17N/c1-4-12-10-7-5-6-8-11(10)14(2)9-13(14)15(12)3/h4-8,13H,9H2,1-3H3/b12-4-. The molecule has 1 fully saturated rings. The zero-order valence-electron chi connectivity index (χ0n) is 9.62. The third-order valence-corrected chi connectivity index (χ3v) is 4.13. The summed E-state index contributed by atoms with van der Waals surface area (Å²) in [5.74, 6) is 0. The van der Waals surface area contributed by atoms with Gasteiger partial charge >= 0.3 is 0 Å². The highest BCUT2D eigenvalue weighted by molar-refractivity contribution is 5.73. The van der Waals surface area contributed by atoms with Crippen LogP contribution in [0.3, 0.4) is 0 Å². The molecule has 1 aliphatic heterocycles. The summed E-state index contributed by atoms with van der Waals surface area (Å²) in [5, 5.41) is 0. The fourth-order valence-electron chi connectivity index (χ4n) is 3.12. The number of benzene rings is 1. The lowest BCUT2D eigenvalue weighted by Crippen LogP contribution is -2.31. The van der Waals surface area contributed by atoms with E-state index in [4.69, 9.17) is 0 Å². The Kier molecular flexibility index (Phi) is 1.60. The maximum atomic E-state index is 2.45. The molecule has 0 radical (unpaired) electrons. The first-order valence-corrected chi connectivity index (χ1v) is 5.67. The summed E-state index contributed by atoms with van der Waals surface area (Å²) in [5.41, 5.74) is 4.78. The molecule has 0 bridgehead atoms. The predicted molar refractivity (Wildman–Crippen MR) is 63.6 cm³/mol. The van der Waals surface area contributed by atoms with Gasteiger partial charge in [0.05, 0.1) is 0 Å². The van der Waals surface area contributed by atoms with Crippen molar-refractivity contribution in [3.8, 4) is 0 Å². The van der Waals surface area contributed by atoms with Crippen molar-refractivity contribution in [3.63, 3.8) is 0 Å². The van der Waals surface area contributed by atoms with Crippen molar-refractivity contribution in [3.05, 3.63) is 41.5 Å². The van der Waals surface area contributed by atoms with Crippen LogP contribution >= 0.6 is 0 Å². The number of hydrogen-bond donors (Lipinski definition) is 0. The second-order valence-corrected chi connectivity index (χ2v) is 4.97. The molecule has 15 heavy (non-hydrogen) atoms. The molecule has 1 nitrogen and oxygen atoms in total. The number of nitrogens with zero attached hydrogens (tertiary/aromatic N) is 1. The van der Waals surface area contributed by atoms with Crippen molar-refractivity contribution in [2.75, 3.05) is 7.05 Å². The van der Waals surface area contributed by atoms with Crippen LogP contribution in [0.2, 0.25) is 0 Å². The number of hydrogen-bond acceptors (Lipinski definition) is 1. The zero-order chi connectivity index (χ0) is 10.6. The van der Waals surface area contributed by atoms with Gasteiger partial charge in [0, 0.05) is 29.8 Å². The van der Waals surface area contributed by atoms with Gasteiger partial charge in [0.2, 0.25) is 0 Å². The van der Waals surface area contributed by atoms with E-state index in [0.717, 1.165) is 6.04 Å². The number of likely N-dealkylation sites (N-methyl/N-ethyl adjacent to an activating group) is 1. The maximum absolute atomic E-state index is 2.45. The van der Waals surface area contributed by atoms with E-state index in [-0.39, 0.29) is 0 Å². The molecule has 2 atom stereocenters. The third kappa shape index (κ3) is 0.983. The van der Waals surface area contributed by atoms with E-state index in [1.54, 1.807) is 5.56 Å². The van der Waals surface area contributed by atoms with E-state index in [2.05, 4.69) is 56.1 Å². The summed E-state index contributed by atoms with van der Waals surface area (Å²) < 4.78 is 0. The Morgan fingerprint density at radius 1 is 1.40 bits per heavy atom. The van der Waals surface area contributed by atoms with E-state index in [0.29, 0.717) is 5.41 Å². The monoisotopic (exact) mass is 199 g/mol. The summed E-state index contributed by atoms with van der Waals surface area (Å²) in [6.07, 6.45) is 3.54. The van der Waals surface area contributed by atoms with Crippen LogP contribution in [0.25, 0.3) is 5.70 Å². The van der Waals surface area contributed by atoms with Crippen molar-refractivity contribution in [2.24, 2.45) is 0 Å². The van der Waals surface area contributed by atoms with Crippen molar-refractivity contribution < 1.29 is 0 Å². The molecule has 1 aromatic carbocycles. The Bertz CT molecular complexity index is 446. The first kappa shape index (κ1) is 9.02. The van der Waals surface area contributed by atoms with Crippen LogP contribution in [0, 0.1) is 0 Å². The van der Waals surface area contributed by atoms with Gasteiger partial charge in [-0.3, -0.25) is 0 Å². The van der Waals surface area contributed by atoms with Gasteiger partial charge in [-0.2, -0.15) is 0 Å². The molecule has 78 valence electrons. The smallest absolute Gasteiger partial charge is 0.0399 e. The maximum Gasteiger partial charge on any atom is 0.0399 e.